The summed E-state index contributed by atoms with van der Waals surface area (Å²) in [6, 6.07) is 5.25. The molecule has 20 heavy (non-hydrogen) atoms. The summed E-state index contributed by atoms with van der Waals surface area (Å²) in [7, 11) is 0. The van der Waals surface area contributed by atoms with E-state index in [9.17, 15) is 9.18 Å². The molecule has 0 amide bonds. The van der Waals surface area contributed by atoms with E-state index in [0.717, 1.165) is 37.1 Å². The van der Waals surface area contributed by atoms with Gasteiger partial charge in [0.1, 0.15) is 5.82 Å². The van der Waals surface area contributed by atoms with Crippen LogP contribution in [0.5, 0.6) is 0 Å². The normalized spacial score (nSPS) is 17.1. The lowest BCUT2D eigenvalue weighted by molar-refractivity contribution is -0.144. The van der Waals surface area contributed by atoms with Crippen LogP contribution in [0.2, 0.25) is 0 Å². The molecule has 1 aliphatic rings. The summed E-state index contributed by atoms with van der Waals surface area (Å²) in [5.74, 6) is -0.0171. The van der Waals surface area contributed by atoms with Crippen molar-refractivity contribution in [2.45, 2.75) is 32.6 Å². The van der Waals surface area contributed by atoms with Crippen molar-refractivity contribution in [2.75, 3.05) is 26.2 Å². The van der Waals surface area contributed by atoms with Crippen molar-refractivity contribution < 1.29 is 13.9 Å². The number of nitrogens with zero attached hydrogens (tertiary/aromatic N) is 1. The highest BCUT2D eigenvalue weighted by Gasteiger charge is 2.25. The van der Waals surface area contributed by atoms with Gasteiger partial charge in [-0.25, -0.2) is 4.39 Å². The first kappa shape index (κ1) is 15.0. The van der Waals surface area contributed by atoms with Gasteiger partial charge in [-0.1, -0.05) is 12.1 Å². The standard InChI is InChI=1S/C16H22FNO2/c1-3-20-15(19)11-18-9-7-13(8-10-18)16-12(2)5-4-6-14(16)17/h4-6,13H,3,7-11H2,1-2H3. The maximum Gasteiger partial charge on any atom is 0.320 e. The van der Waals surface area contributed by atoms with Crippen molar-refractivity contribution in [1.82, 2.24) is 4.90 Å². The van der Waals surface area contributed by atoms with Gasteiger partial charge in [0.15, 0.2) is 0 Å². The molecule has 0 aromatic heterocycles. The highest BCUT2D eigenvalue weighted by Crippen LogP contribution is 2.31. The third kappa shape index (κ3) is 3.57. The minimum atomic E-state index is -0.173. The van der Waals surface area contributed by atoms with E-state index in [1.165, 1.54) is 6.07 Å². The first-order valence-corrected chi connectivity index (χ1v) is 7.24. The number of likely N-dealkylation sites (tertiary alicyclic amines) is 1. The first-order chi connectivity index (χ1) is 9.61. The molecule has 0 unspecified atom stereocenters. The third-order valence-corrected chi connectivity index (χ3v) is 3.92. The average molecular weight is 279 g/mol. The van der Waals surface area contributed by atoms with E-state index in [0.29, 0.717) is 13.2 Å². The average Bonchev–Trinajstić information content (AvgIpc) is 2.40. The Labute approximate surface area is 119 Å². The number of carbonyl (C=O) groups is 1. The maximum atomic E-state index is 14.0. The molecule has 110 valence electrons. The number of hydrogen-bond donors (Lipinski definition) is 0. The number of halogens is 1. The van der Waals surface area contributed by atoms with Crippen LogP contribution in [-0.2, 0) is 9.53 Å². The number of hydrogen-bond acceptors (Lipinski definition) is 3. The number of piperidine rings is 1. The van der Waals surface area contributed by atoms with Crippen molar-refractivity contribution in [1.29, 1.82) is 0 Å². The molecule has 2 rings (SSSR count). The smallest absolute Gasteiger partial charge is 0.320 e. The van der Waals surface area contributed by atoms with Crippen molar-refractivity contribution in [2.24, 2.45) is 0 Å². The molecule has 0 N–H and O–H groups in total. The molecule has 1 aromatic carbocycles. The zero-order chi connectivity index (χ0) is 14.5. The summed E-state index contributed by atoms with van der Waals surface area (Å²) in [6.45, 7) is 6.17. The van der Waals surface area contributed by atoms with Gasteiger partial charge in [-0.05, 0) is 62.9 Å². The van der Waals surface area contributed by atoms with Crippen LogP contribution in [0.15, 0.2) is 18.2 Å². The van der Waals surface area contributed by atoms with Gasteiger partial charge in [0.25, 0.3) is 0 Å². The molecule has 1 fully saturated rings. The molecule has 1 saturated heterocycles. The molecule has 0 radical (unpaired) electrons. The van der Waals surface area contributed by atoms with Crippen molar-refractivity contribution in [3.63, 3.8) is 0 Å². The van der Waals surface area contributed by atoms with Gasteiger partial charge in [0, 0.05) is 0 Å². The Bertz CT molecular complexity index is 447. The summed E-state index contributed by atoms with van der Waals surface area (Å²) in [4.78, 5) is 13.5. The summed E-state index contributed by atoms with van der Waals surface area (Å²) in [5.41, 5.74) is 1.87. The fourth-order valence-corrected chi connectivity index (χ4v) is 2.93. The summed E-state index contributed by atoms with van der Waals surface area (Å²) < 4.78 is 18.9. The Kier molecular flexibility index (Phi) is 5.12. The van der Waals surface area contributed by atoms with Gasteiger partial charge in [0.2, 0.25) is 0 Å². The minimum Gasteiger partial charge on any atom is -0.465 e. The monoisotopic (exact) mass is 279 g/mol. The predicted octanol–water partition coefficient (Wildman–Crippen LogP) is 2.88. The molecular formula is C16H22FNO2. The van der Waals surface area contributed by atoms with E-state index >= 15 is 0 Å². The lowest BCUT2D eigenvalue weighted by Gasteiger charge is -2.32. The zero-order valence-corrected chi connectivity index (χ0v) is 12.2. The lowest BCUT2D eigenvalue weighted by Crippen LogP contribution is -2.37. The van der Waals surface area contributed by atoms with E-state index < -0.39 is 0 Å². The molecule has 0 saturated carbocycles. The van der Waals surface area contributed by atoms with Gasteiger partial charge >= 0.3 is 5.97 Å². The molecule has 0 atom stereocenters. The SMILES string of the molecule is CCOC(=O)CN1CCC(c2c(C)cccc2F)CC1. The van der Waals surface area contributed by atoms with Crippen LogP contribution in [-0.4, -0.2) is 37.1 Å². The number of aryl methyl sites for hydroxylation is 1. The van der Waals surface area contributed by atoms with Crippen molar-refractivity contribution in [3.05, 3.63) is 35.1 Å². The maximum absolute atomic E-state index is 14.0. The molecule has 3 nitrogen and oxygen atoms in total. The molecule has 0 bridgehead atoms. The Morgan fingerprint density at radius 3 is 2.70 bits per heavy atom. The Hall–Kier alpha value is -1.42. The second kappa shape index (κ2) is 6.84. The molecule has 1 aromatic rings. The number of esters is 1. The molecule has 1 heterocycles. The fourth-order valence-electron chi connectivity index (χ4n) is 2.93. The van der Waals surface area contributed by atoms with Crippen LogP contribution in [0.25, 0.3) is 0 Å². The zero-order valence-electron chi connectivity index (χ0n) is 12.2. The quantitative estimate of drug-likeness (QED) is 0.794. The molecule has 0 aliphatic carbocycles. The van der Waals surface area contributed by atoms with E-state index in [1.54, 1.807) is 6.07 Å². The molecular weight excluding hydrogens is 257 g/mol. The van der Waals surface area contributed by atoms with Gasteiger partial charge in [-0.3, -0.25) is 9.69 Å². The fraction of sp³-hybridized carbons (Fsp3) is 0.562. The summed E-state index contributed by atoms with van der Waals surface area (Å²) in [6.07, 6.45) is 1.78. The van der Waals surface area contributed by atoms with E-state index in [1.807, 2.05) is 19.9 Å². The van der Waals surface area contributed by atoms with Crippen LogP contribution in [0, 0.1) is 12.7 Å². The number of benzene rings is 1. The predicted molar refractivity (Wildman–Crippen MR) is 76.2 cm³/mol. The number of ether oxygens (including phenoxy) is 1. The van der Waals surface area contributed by atoms with E-state index in [-0.39, 0.29) is 17.7 Å². The first-order valence-electron chi connectivity index (χ1n) is 7.24. The van der Waals surface area contributed by atoms with Crippen LogP contribution in [0.4, 0.5) is 4.39 Å². The van der Waals surface area contributed by atoms with Crippen molar-refractivity contribution in [3.8, 4) is 0 Å². The van der Waals surface area contributed by atoms with E-state index in [4.69, 9.17) is 4.74 Å². The largest absolute Gasteiger partial charge is 0.465 e. The second-order valence-corrected chi connectivity index (χ2v) is 5.33. The van der Waals surface area contributed by atoms with Crippen molar-refractivity contribution >= 4 is 5.97 Å². The van der Waals surface area contributed by atoms with E-state index in [2.05, 4.69) is 4.90 Å². The second-order valence-electron chi connectivity index (χ2n) is 5.33. The molecule has 1 aliphatic heterocycles. The topological polar surface area (TPSA) is 29.5 Å². The third-order valence-electron chi connectivity index (χ3n) is 3.92. The minimum absolute atomic E-state index is 0.103. The summed E-state index contributed by atoms with van der Waals surface area (Å²) in [5, 5.41) is 0. The van der Waals surface area contributed by atoms with Crippen LogP contribution < -0.4 is 0 Å². The number of carbonyl (C=O) groups excluding carboxylic acids is 1. The summed E-state index contributed by atoms with van der Waals surface area (Å²) >= 11 is 0. The van der Waals surface area contributed by atoms with Gasteiger partial charge < -0.3 is 4.74 Å². The van der Waals surface area contributed by atoms with Crippen LogP contribution in [0.1, 0.15) is 36.8 Å². The van der Waals surface area contributed by atoms with Crippen LogP contribution >= 0.6 is 0 Å². The van der Waals surface area contributed by atoms with Gasteiger partial charge in [-0.15, -0.1) is 0 Å². The highest BCUT2D eigenvalue weighted by atomic mass is 19.1. The molecule has 4 heteroatoms. The lowest BCUT2D eigenvalue weighted by atomic mass is 9.86. The number of rotatable bonds is 4. The molecule has 0 spiro atoms. The Morgan fingerprint density at radius 2 is 2.10 bits per heavy atom. The van der Waals surface area contributed by atoms with Gasteiger partial charge in [-0.2, -0.15) is 0 Å². The van der Waals surface area contributed by atoms with Crippen LogP contribution in [0.3, 0.4) is 0 Å². The Balaban J connectivity index is 1.93. The van der Waals surface area contributed by atoms with Gasteiger partial charge in [0.05, 0.1) is 13.2 Å². The Morgan fingerprint density at radius 1 is 1.40 bits per heavy atom. The highest BCUT2D eigenvalue weighted by molar-refractivity contribution is 5.71.